The molecular formula is C12H6Cl2FNO2. The van der Waals surface area contributed by atoms with Crippen LogP contribution in [0.3, 0.4) is 0 Å². The molecule has 2 aromatic rings. The first-order valence-corrected chi connectivity index (χ1v) is 5.60. The molecule has 3 nitrogen and oxygen atoms in total. The van der Waals surface area contributed by atoms with Gasteiger partial charge in [0.15, 0.2) is 5.69 Å². The first-order valence-electron chi connectivity index (χ1n) is 4.85. The molecule has 0 atom stereocenters. The third-order valence-electron chi connectivity index (χ3n) is 2.30. The number of rotatable bonds is 2. The minimum absolute atomic E-state index is 0.180. The van der Waals surface area contributed by atoms with Crippen LogP contribution in [0.4, 0.5) is 4.39 Å². The normalized spacial score (nSPS) is 10.4. The van der Waals surface area contributed by atoms with Crippen molar-refractivity contribution in [2.24, 2.45) is 0 Å². The Balaban J connectivity index is 2.75. The van der Waals surface area contributed by atoms with Crippen molar-refractivity contribution in [3.63, 3.8) is 0 Å². The molecule has 0 saturated heterocycles. The van der Waals surface area contributed by atoms with Crippen molar-refractivity contribution in [3.05, 3.63) is 52.0 Å². The Bertz CT molecular complexity index is 611. The van der Waals surface area contributed by atoms with Gasteiger partial charge in [-0.05, 0) is 24.3 Å². The van der Waals surface area contributed by atoms with Gasteiger partial charge in [0.2, 0.25) is 5.95 Å². The summed E-state index contributed by atoms with van der Waals surface area (Å²) in [5.41, 5.74) is 0.0789. The molecule has 1 N–H and O–H groups in total. The predicted molar refractivity (Wildman–Crippen MR) is 66.6 cm³/mol. The lowest BCUT2D eigenvalue weighted by Gasteiger charge is -2.09. The van der Waals surface area contributed by atoms with Crippen LogP contribution in [0.2, 0.25) is 10.0 Å². The van der Waals surface area contributed by atoms with E-state index in [4.69, 9.17) is 28.3 Å². The lowest BCUT2D eigenvalue weighted by atomic mass is 10.0. The van der Waals surface area contributed by atoms with Gasteiger partial charge in [0.25, 0.3) is 0 Å². The van der Waals surface area contributed by atoms with Crippen LogP contribution in [0.1, 0.15) is 10.5 Å². The third-order valence-corrected chi connectivity index (χ3v) is 2.93. The van der Waals surface area contributed by atoms with Crippen molar-refractivity contribution >= 4 is 29.2 Å². The zero-order valence-corrected chi connectivity index (χ0v) is 10.3. The summed E-state index contributed by atoms with van der Waals surface area (Å²) in [6.07, 6.45) is 0. The van der Waals surface area contributed by atoms with Crippen molar-refractivity contribution in [1.29, 1.82) is 0 Å². The Kier molecular flexibility index (Phi) is 3.50. The summed E-state index contributed by atoms with van der Waals surface area (Å²) in [6.45, 7) is 0. The van der Waals surface area contributed by atoms with Crippen LogP contribution in [0.15, 0.2) is 30.3 Å². The highest BCUT2D eigenvalue weighted by molar-refractivity contribution is 6.39. The first-order chi connectivity index (χ1) is 8.50. The van der Waals surface area contributed by atoms with E-state index in [1.807, 2.05) is 0 Å². The Labute approximate surface area is 112 Å². The predicted octanol–water partition coefficient (Wildman–Crippen LogP) is 3.89. The molecule has 0 aliphatic heterocycles. The van der Waals surface area contributed by atoms with E-state index in [2.05, 4.69) is 4.98 Å². The molecular weight excluding hydrogens is 280 g/mol. The fourth-order valence-corrected chi connectivity index (χ4v) is 2.16. The summed E-state index contributed by atoms with van der Waals surface area (Å²) in [7, 11) is 0. The molecule has 92 valence electrons. The van der Waals surface area contributed by atoms with Gasteiger partial charge in [0.05, 0.1) is 0 Å². The summed E-state index contributed by atoms with van der Waals surface area (Å²) in [5, 5.41) is 9.57. The van der Waals surface area contributed by atoms with E-state index in [1.165, 1.54) is 6.07 Å². The fourth-order valence-electron chi connectivity index (χ4n) is 1.56. The Morgan fingerprint density at radius 3 is 2.33 bits per heavy atom. The second kappa shape index (κ2) is 4.92. The molecule has 0 spiro atoms. The lowest BCUT2D eigenvalue weighted by Crippen LogP contribution is -2.05. The summed E-state index contributed by atoms with van der Waals surface area (Å²) >= 11 is 12.0. The van der Waals surface area contributed by atoms with Crippen molar-refractivity contribution in [3.8, 4) is 11.1 Å². The summed E-state index contributed by atoms with van der Waals surface area (Å²) in [6, 6.07) is 7.11. The van der Waals surface area contributed by atoms with Crippen LogP contribution in [0.5, 0.6) is 0 Å². The van der Waals surface area contributed by atoms with E-state index in [-0.39, 0.29) is 15.6 Å². The highest BCUT2D eigenvalue weighted by Gasteiger charge is 2.18. The van der Waals surface area contributed by atoms with Crippen LogP contribution in [0, 0.1) is 5.95 Å². The Morgan fingerprint density at radius 1 is 1.17 bits per heavy atom. The van der Waals surface area contributed by atoms with E-state index in [0.29, 0.717) is 5.56 Å². The van der Waals surface area contributed by atoms with Gasteiger partial charge in [-0.1, -0.05) is 29.3 Å². The molecule has 0 radical (unpaired) electrons. The molecule has 2 rings (SSSR count). The number of hydrogen-bond acceptors (Lipinski definition) is 2. The molecule has 0 fully saturated rings. The third kappa shape index (κ3) is 2.30. The standard InChI is InChI=1S/C12H6Cl2FNO2/c13-7-2-1-3-8(14)10(7)6-4-5-9(15)16-11(6)12(17)18/h1-5H,(H,17,18). The SMILES string of the molecule is O=C(O)c1nc(F)ccc1-c1c(Cl)cccc1Cl. The molecule has 0 aliphatic rings. The average Bonchev–Trinajstić information content (AvgIpc) is 2.30. The van der Waals surface area contributed by atoms with Crippen LogP contribution >= 0.6 is 23.2 Å². The van der Waals surface area contributed by atoms with Gasteiger partial charge in [-0.25, -0.2) is 9.78 Å². The minimum Gasteiger partial charge on any atom is -0.476 e. The summed E-state index contributed by atoms with van der Waals surface area (Å²) in [5.74, 6) is -2.22. The molecule has 0 unspecified atom stereocenters. The molecule has 0 amide bonds. The Hall–Kier alpha value is -1.65. The second-order valence-corrected chi connectivity index (χ2v) is 4.25. The number of aromatic nitrogens is 1. The maximum Gasteiger partial charge on any atom is 0.355 e. The minimum atomic E-state index is -1.35. The van der Waals surface area contributed by atoms with Crippen LogP contribution in [-0.4, -0.2) is 16.1 Å². The van der Waals surface area contributed by atoms with E-state index >= 15 is 0 Å². The number of carbonyl (C=O) groups is 1. The average molecular weight is 286 g/mol. The summed E-state index contributed by atoms with van der Waals surface area (Å²) in [4.78, 5) is 14.4. The molecule has 1 aromatic heterocycles. The number of aromatic carboxylic acids is 1. The molecule has 0 bridgehead atoms. The van der Waals surface area contributed by atoms with Crippen LogP contribution in [0.25, 0.3) is 11.1 Å². The van der Waals surface area contributed by atoms with Gasteiger partial charge in [-0.15, -0.1) is 0 Å². The van der Waals surface area contributed by atoms with Crippen LogP contribution in [-0.2, 0) is 0 Å². The van der Waals surface area contributed by atoms with E-state index in [9.17, 15) is 9.18 Å². The number of pyridine rings is 1. The molecule has 18 heavy (non-hydrogen) atoms. The fraction of sp³-hybridized carbons (Fsp3) is 0. The molecule has 6 heteroatoms. The second-order valence-electron chi connectivity index (χ2n) is 3.43. The largest absolute Gasteiger partial charge is 0.476 e. The highest BCUT2D eigenvalue weighted by atomic mass is 35.5. The van der Waals surface area contributed by atoms with Gasteiger partial charge in [0, 0.05) is 21.2 Å². The monoisotopic (exact) mass is 285 g/mol. The zero-order valence-electron chi connectivity index (χ0n) is 8.82. The topological polar surface area (TPSA) is 50.2 Å². The van der Waals surface area contributed by atoms with Gasteiger partial charge >= 0.3 is 5.97 Å². The van der Waals surface area contributed by atoms with Gasteiger partial charge < -0.3 is 5.11 Å². The van der Waals surface area contributed by atoms with Gasteiger partial charge in [-0.2, -0.15) is 4.39 Å². The number of hydrogen-bond donors (Lipinski definition) is 1. The Morgan fingerprint density at radius 2 is 1.78 bits per heavy atom. The zero-order chi connectivity index (χ0) is 13.3. The van der Waals surface area contributed by atoms with E-state index in [0.717, 1.165) is 6.07 Å². The van der Waals surface area contributed by atoms with E-state index < -0.39 is 17.6 Å². The smallest absolute Gasteiger partial charge is 0.355 e. The van der Waals surface area contributed by atoms with Crippen molar-refractivity contribution in [2.45, 2.75) is 0 Å². The maximum atomic E-state index is 13.0. The first kappa shape index (κ1) is 12.8. The van der Waals surface area contributed by atoms with Gasteiger partial charge in [-0.3, -0.25) is 0 Å². The number of halogens is 3. The quantitative estimate of drug-likeness (QED) is 0.852. The number of nitrogens with zero attached hydrogens (tertiary/aromatic N) is 1. The molecule has 1 heterocycles. The summed E-state index contributed by atoms with van der Waals surface area (Å²) < 4.78 is 13.0. The number of carboxylic acid groups (broad SMARTS) is 1. The molecule has 1 aromatic carbocycles. The van der Waals surface area contributed by atoms with Crippen LogP contribution < -0.4 is 0 Å². The van der Waals surface area contributed by atoms with Crippen molar-refractivity contribution in [2.75, 3.05) is 0 Å². The van der Waals surface area contributed by atoms with Crippen molar-refractivity contribution < 1.29 is 14.3 Å². The maximum absolute atomic E-state index is 13.0. The lowest BCUT2D eigenvalue weighted by molar-refractivity contribution is 0.0690. The number of carboxylic acids is 1. The van der Waals surface area contributed by atoms with E-state index in [1.54, 1.807) is 18.2 Å². The van der Waals surface area contributed by atoms with Crippen molar-refractivity contribution in [1.82, 2.24) is 4.98 Å². The number of benzene rings is 1. The molecule has 0 aliphatic carbocycles. The highest BCUT2D eigenvalue weighted by Crippen LogP contribution is 2.35. The molecule has 0 saturated carbocycles. The van der Waals surface area contributed by atoms with Gasteiger partial charge in [0.1, 0.15) is 0 Å².